The van der Waals surface area contributed by atoms with E-state index in [0.717, 1.165) is 11.1 Å². The van der Waals surface area contributed by atoms with Gasteiger partial charge in [-0.25, -0.2) is 12.7 Å². The van der Waals surface area contributed by atoms with Crippen molar-refractivity contribution in [2.75, 3.05) is 13.6 Å². The van der Waals surface area contributed by atoms with E-state index in [0.29, 0.717) is 13.0 Å². The second-order valence-electron chi connectivity index (χ2n) is 8.59. The van der Waals surface area contributed by atoms with E-state index in [-0.39, 0.29) is 35.7 Å². The Morgan fingerprint density at radius 3 is 2.15 bits per heavy atom. The highest BCUT2D eigenvalue weighted by atomic mass is 32.2. The number of aryl methyl sites for hydroxylation is 1. The fraction of sp³-hybridized carbons (Fsp3) is 0.440. The molecule has 0 aliphatic carbocycles. The number of benzene rings is 2. The predicted octanol–water partition coefficient (Wildman–Crippen LogP) is 3.34. The van der Waals surface area contributed by atoms with Crippen LogP contribution in [0, 0.1) is 6.92 Å². The molecule has 0 aromatic heterocycles. The number of rotatable bonds is 11. The lowest BCUT2D eigenvalue weighted by atomic mass is 10.1. The molecule has 0 heterocycles. The van der Waals surface area contributed by atoms with Gasteiger partial charge in [-0.2, -0.15) is 0 Å². The van der Waals surface area contributed by atoms with Crippen LogP contribution in [0.2, 0.25) is 0 Å². The first-order valence-electron chi connectivity index (χ1n) is 11.2. The summed E-state index contributed by atoms with van der Waals surface area (Å²) in [7, 11) is -2.10. The van der Waals surface area contributed by atoms with Gasteiger partial charge in [0.25, 0.3) is 0 Å². The number of carbonyl (C=O) groups excluding carboxylic acids is 2. The van der Waals surface area contributed by atoms with Crippen molar-refractivity contribution in [1.82, 2.24) is 14.5 Å². The summed E-state index contributed by atoms with van der Waals surface area (Å²) in [6, 6.07) is 15.4. The van der Waals surface area contributed by atoms with Gasteiger partial charge in [0.2, 0.25) is 21.8 Å². The second-order valence-corrected chi connectivity index (χ2v) is 10.6. The molecule has 2 amide bonds. The Balaban J connectivity index is 2.07. The summed E-state index contributed by atoms with van der Waals surface area (Å²) < 4.78 is 26.6. The third-order valence-electron chi connectivity index (χ3n) is 5.39. The van der Waals surface area contributed by atoms with Gasteiger partial charge in [-0.3, -0.25) is 9.59 Å². The maximum Gasteiger partial charge on any atom is 0.242 e. The Bertz CT molecular complexity index is 1020. The average molecular weight is 474 g/mol. The first-order chi connectivity index (χ1) is 15.5. The fourth-order valence-electron chi connectivity index (χ4n) is 3.37. The monoisotopic (exact) mass is 473 g/mol. The molecular formula is C25H35N3O4S. The van der Waals surface area contributed by atoms with Crippen molar-refractivity contribution >= 4 is 21.8 Å². The SMILES string of the molecule is Cc1ccc(CN(C(=O)CCCN(C)S(=O)(=O)c2ccccc2)[C@@H](C)C(=O)NC(C)C)cc1. The molecule has 7 nitrogen and oxygen atoms in total. The summed E-state index contributed by atoms with van der Waals surface area (Å²) in [4.78, 5) is 27.5. The van der Waals surface area contributed by atoms with Crippen LogP contribution in [0.1, 0.15) is 44.7 Å². The van der Waals surface area contributed by atoms with E-state index < -0.39 is 16.1 Å². The molecule has 0 spiro atoms. The first kappa shape index (κ1) is 26.5. The van der Waals surface area contributed by atoms with E-state index in [9.17, 15) is 18.0 Å². The highest BCUT2D eigenvalue weighted by Crippen LogP contribution is 2.16. The van der Waals surface area contributed by atoms with E-state index in [2.05, 4.69) is 5.32 Å². The van der Waals surface area contributed by atoms with Crippen molar-refractivity contribution in [3.05, 3.63) is 65.7 Å². The fourth-order valence-corrected chi connectivity index (χ4v) is 4.60. The lowest BCUT2D eigenvalue weighted by Crippen LogP contribution is -2.49. The average Bonchev–Trinajstić information content (AvgIpc) is 2.78. The molecule has 180 valence electrons. The Morgan fingerprint density at radius 2 is 1.58 bits per heavy atom. The van der Waals surface area contributed by atoms with Crippen molar-refractivity contribution in [2.24, 2.45) is 0 Å². The van der Waals surface area contributed by atoms with E-state index in [1.165, 1.54) is 11.4 Å². The first-order valence-corrected chi connectivity index (χ1v) is 12.6. The number of nitrogens with zero attached hydrogens (tertiary/aromatic N) is 2. The molecule has 1 N–H and O–H groups in total. The van der Waals surface area contributed by atoms with Gasteiger partial charge in [0.1, 0.15) is 6.04 Å². The molecular weight excluding hydrogens is 438 g/mol. The molecule has 0 radical (unpaired) electrons. The Labute approximate surface area is 197 Å². The van der Waals surface area contributed by atoms with E-state index >= 15 is 0 Å². The minimum Gasteiger partial charge on any atom is -0.352 e. The van der Waals surface area contributed by atoms with Crippen molar-refractivity contribution in [3.63, 3.8) is 0 Å². The predicted molar refractivity (Wildman–Crippen MR) is 130 cm³/mol. The smallest absolute Gasteiger partial charge is 0.242 e. The molecule has 0 bridgehead atoms. The van der Waals surface area contributed by atoms with Crippen LogP contribution >= 0.6 is 0 Å². The largest absolute Gasteiger partial charge is 0.352 e. The molecule has 2 rings (SSSR count). The topological polar surface area (TPSA) is 86.8 Å². The molecule has 33 heavy (non-hydrogen) atoms. The normalized spacial score (nSPS) is 12.6. The zero-order valence-electron chi connectivity index (χ0n) is 20.1. The highest BCUT2D eigenvalue weighted by Gasteiger charge is 2.27. The van der Waals surface area contributed by atoms with Crippen LogP contribution in [-0.4, -0.2) is 55.1 Å². The van der Waals surface area contributed by atoms with Gasteiger partial charge >= 0.3 is 0 Å². The standard InChI is InChI=1S/C25H35N3O4S/c1-19(2)26-25(30)21(4)28(18-22-15-13-20(3)14-16-22)24(29)12-9-17-27(5)33(31,32)23-10-7-6-8-11-23/h6-8,10-11,13-16,19,21H,9,12,17-18H2,1-5H3,(H,26,30)/t21-/m0/s1. The minimum absolute atomic E-state index is 0.0341. The lowest BCUT2D eigenvalue weighted by Gasteiger charge is -2.29. The minimum atomic E-state index is -3.61. The van der Waals surface area contributed by atoms with Gasteiger partial charge in [0.05, 0.1) is 4.90 Å². The molecule has 2 aromatic rings. The Kier molecular flexibility index (Phi) is 9.61. The molecule has 0 saturated carbocycles. The highest BCUT2D eigenvalue weighted by molar-refractivity contribution is 7.89. The number of amides is 2. The third-order valence-corrected chi connectivity index (χ3v) is 7.26. The molecule has 2 aromatic carbocycles. The molecule has 0 fully saturated rings. The van der Waals surface area contributed by atoms with Crippen molar-refractivity contribution < 1.29 is 18.0 Å². The van der Waals surface area contributed by atoms with Gasteiger partial charge in [-0.05, 0) is 51.8 Å². The summed E-state index contributed by atoms with van der Waals surface area (Å²) in [5.74, 6) is -0.401. The summed E-state index contributed by atoms with van der Waals surface area (Å²) in [5.41, 5.74) is 2.05. The van der Waals surface area contributed by atoms with Crippen LogP contribution in [-0.2, 0) is 26.2 Å². The molecule has 0 aliphatic heterocycles. The summed E-state index contributed by atoms with van der Waals surface area (Å²) in [6.45, 7) is 7.97. The van der Waals surface area contributed by atoms with Crippen LogP contribution in [0.15, 0.2) is 59.5 Å². The molecule has 0 aliphatic rings. The Morgan fingerprint density at radius 1 is 0.970 bits per heavy atom. The van der Waals surface area contributed by atoms with Crippen LogP contribution in [0.25, 0.3) is 0 Å². The van der Waals surface area contributed by atoms with Crippen LogP contribution < -0.4 is 5.32 Å². The third kappa shape index (κ3) is 7.68. The van der Waals surface area contributed by atoms with E-state index in [1.54, 1.807) is 42.2 Å². The Hall–Kier alpha value is -2.71. The van der Waals surface area contributed by atoms with Gasteiger partial charge < -0.3 is 10.2 Å². The number of sulfonamides is 1. The summed E-state index contributed by atoms with van der Waals surface area (Å²) >= 11 is 0. The maximum atomic E-state index is 13.1. The number of carbonyl (C=O) groups is 2. The quantitative estimate of drug-likeness (QED) is 0.542. The zero-order chi connectivity index (χ0) is 24.6. The lowest BCUT2D eigenvalue weighted by molar-refractivity contribution is -0.140. The summed E-state index contributed by atoms with van der Waals surface area (Å²) in [6.07, 6.45) is 0.490. The maximum absolute atomic E-state index is 13.1. The van der Waals surface area contributed by atoms with Crippen LogP contribution in [0.3, 0.4) is 0 Å². The molecule has 8 heteroatoms. The van der Waals surface area contributed by atoms with Gasteiger partial charge in [-0.15, -0.1) is 0 Å². The van der Waals surface area contributed by atoms with Gasteiger partial charge in [0, 0.05) is 32.6 Å². The van der Waals surface area contributed by atoms with E-state index in [1.807, 2.05) is 45.0 Å². The van der Waals surface area contributed by atoms with Gasteiger partial charge in [-0.1, -0.05) is 48.0 Å². The van der Waals surface area contributed by atoms with E-state index in [4.69, 9.17) is 0 Å². The summed E-state index contributed by atoms with van der Waals surface area (Å²) in [5, 5.41) is 2.86. The number of hydrogen-bond acceptors (Lipinski definition) is 4. The zero-order valence-corrected chi connectivity index (χ0v) is 20.9. The van der Waals surface area contributed by atoms with Crippen molar-refractivity contribution in [1.29, 1.82) is 0 Å². The molecule has 0 unspecified atom stereocenters. The number of hydrogen-bond donors (Lipinski definition) is 1. The number of nitrogens with one attached hydrogen (secondary N) is 1. The van der Waals surface area contributed by atoms with Crippen LogP contribution in [0.5, 0.6) is 0 Å². The second kappa shape index (κ2) is 12.0. The van der Waals surface area contributed by atoms with Crippen molar-refractivity contribution in [2.45, 2.75) is 64.1 Å². The van der Waals surface area contributed by atoms with Gasteiger partial charge in [0.15, 0.2) is 0 Å². The van der Waals surface area contributed by atoms with Crippen LogP contribution in [0.4, 0.5) is 0 Å². The molecule has 0 saturated heterocycles. The molecule has 1 atom stereocenters. The van der Waals surface area contributed by atoms with Crippen molar-refractivity contribution in [3.8, 4) is 0 Å².